The van der Waals surface area contributed by atoms with Gasteiger partial charge in [-0.25, -0.2) is 0 Å². The fourth-order valence-electron chi connectivity index (χ4n) is 0.906. The topological polar surface area (TPSA) is 69.9 Å². The maximum atomic E-state index is 9.31. The van der Waals surface area contributed by atoms with E-state index in [0.717, 1.165) is 12.0 Å². The Morgan fingerprint density at radius 3 is 1.88 bits per heavy atom. The molecule has 0 amide bonds. The highest BCUT2D eigenvalue weighted by molar-refractivity contribution is 5.58. The van der Waals surface area contributed by atoms with Crippen LogP contribution in [-0.4, -0.2) is 22.4 Å². The molecule has 92 valence electrons. The Kier molecular flexibility index (Phi) is 5.50. The van der Waals surface area contributed by atoms with Crippen molar-refractivity contribution in [1.82, 2.24) is 0 Å². The number of phenols is 3. The van der Waals surface area contributed by atoms with Gasteiger partial charge < -0.3 is 20.1 Å². The molecule has 1 aromatic rings. The van der Waals surface area contributed by atoms with Crippen molar-refractivity contribution in [3.8, 4) is 23.0 Å². The molecule has 0 radical (unpaired) electrons. The van der Waals surface area contributed by atoms with Crippen molar-refractivity contribution in [2.45, 2.75) is 27.7 Å². The smallest absolute Gasteiger partial charge is 0.164 e. The van der Waals surface area contributed by atoms with E-state index in [1.807, 2.05) is 0 Å². The van der Waals surface area contributed by atoms with Crippen LogP contribution in [0.4, 0.5) is 0 Å². The van der Waals surface area contributed by atoms with Crippen LogP contribution in [0.25, 0.3) is 0 Å². The average Bonchev–Trinajstić information content (AvgIpc) is 2.19. The predicted octanol–water partition coefficient (Wildman–Crippen LogP) is 2.78. The molecule has 0 heterocycles. The highest BCUT2D eigenvalue weighted by Crippen LogP contribution is 2.41. The van der Waals surface area contributed by atoms with E-state index in [-0.39, 0.29) is 28.6 Å². The lowest BCUT2D eigenvalue weighted by Crippen LogP contribution is -1.86. The number of aromatic hydroxyl groups is 3. The Hall–Kier alpha value is -1.58. The Balaban J connectivity index is 0.000000487. The molecule has 0 saturated carbocycles. The van der Waals surface area contributed by atoms with Crippen LogP contribution in [0, 0.1) is 12.8 Å². The molecule has 0 atom stereocenters. The SMILES string of the molecule is CC(C)C.COc1cc(O)c(O)c(C)c1O. The summed E-state index contributed by atoms with van der Waals surface area (Å²) in [6.07, 6.45) is 0. The summed E-state index contributed by atoms with van der Waals surface area (Å²) in [5.41, 5.74) is 0.201. The van der Waals surface area contributed by atoms with Crippen molar-refractivity contribution >= 4 is 0 Å². The van der Waals surface area contributed by atoms with Crippen LogP contribution in [0.5, 0.6) is 23.0 Å². The zero-order valence-electron chi connectivity index (χ0n) is 10.4. The van der Waals surface area contributed by atoms with E-state index in [1.54, 1.807) is 0 Å². The molecule has 0 fully saturated rings. The maximum Gasteiger partial charge on any atom is 0.164 e. The lowest BCUT2D eigenvalue weighted by molar-refractivity contribution is 0.353. The molecule has 3 N–H and O–H groups in total. The molecular formula is C12H20O4. The van der Waals surface area contributed by atoms with Gasteiger partial charge in [-0.2, -0.15) is 0 Å². The quantitative estimate of drug-likeness (QED) is 0.510. The second-order valence-corrected chi connectivity index (χ2v) is 4.15. The number of hydrogen-bond donors (Lipinski definition) is 3. The average molecular weight is 228 g/mol. The van der Waals surface area contributed by atoms with E-state index in [4.69, 9.17) is 14.9 Å². The molecule has 0 aromatic heterocycles. The van der Waals surface area contributed by atoms with Gasteiger partial charge in [-0.3, -0.25) is 0 Å². The Bertz CT molecular complexity index is 343. The summed E-state index contributed by atoms with van der Waals surface area (Å²) in [5.74, 6) is 0.186. The summed E-state index contributed by atoms with van der Waals surface area (Å²) in [6, 6.07) is 1.15. The Labute approximate surface area is 96.1 Å². The van der Waals surface area contributed by atoms with Gasteiger partial charge in [0.1, 0.15) is 0 Å². The number of hydrogen-bond acceptors (Lipinski definition) is 4. The fourth-order valence-corrected chi connectivity index (χ4v) is 0.906. The number of benzene rings is 1. The summed E-state index contributed by atoms with van der Waals surface area (Å²) in [5, 5.41) is 27.5. The molecule has 0 aliphatic rings. The van der Waals surface area contributed by atoms with Crippen LogP contribution in [0.15, 0.2) is 6.07 Å². The number of methoxy groups -OCH3 is 1. The monoisotopic (exact) mass is 228 g/mol. The molecular weight excluding hydrogens is 208 g/mol. The molecule has 0 spiro atoms. The van der Waals surface area contributed by atoms with Crippen molar-refractivity contribution in [3.05, 3.63) is 11.6 Å². The third-order valence-corrected chi connectivity index (χ3v) is 1.67. The van der Waals surface area contributed by atoms with Crippen LogP contribution < -0.4 is 4.74 Å². The van der Waals surface area contributed by atoms with E-state index in [2.05, 4.69) is 20.8 Å². The van der Waals surface area contributed by atoms with Crippen molar-refractivity contribution in [1.29, 1.82) is 0 Å². The van der Waals surface area contributed by atoms with Crippen molar-refractivity contribution in [3.63, 3.8) is 0 Å². The standard InChI is InChI=1S/C8H10O4.C4H10/c1-4-7(10)5(9)3-6(12-2)8(4)11;1-4(2)3/h3,9-11H,1-2H3;4H,1-3H3. The van der Waals surface area contributed by atoms with Crippen LogP contribution in [0.3, 0.4) is 0 Å². The van der Waals surface area contributed by atoms with Gasteiger partial charge in [0, 0.05) is 11.6 Å². The van der Waals surface area contributed by atoms with Crippen molar-refractivity contribution in [2.24, 2.45) is 5.92 Å². The van der Waals surface area contributed by atoms with Crippen molar-refractivity contribution in [2.75, 3.05) is 7.11 Å². The molecule has 4 nitrogen and oxygen atoms in total. The minimum atomic E-state index is -0.326. The summed E-state index contributed by atoms with van der Waals surface area (Å²) >= 11 is 0. The van der Waals surface area contributed by atoms with Crippen LogP contribution in [0.1, 0.15) is 26.3 Å². The second kappa shape index (κ2) is 6.10. The Morgan fingerprint density at radius 1 is 1.06 bits per heavy atom. The summed E-state index contributed by atoms with van der Waals surface area (Å²) in [7, 11) is 1.37. The lowest BCUT2D eigenvalue weighted by atomic mass is 10.1. The maximum absolute atomic E-state index is 9.31. The van der Waals surface area contributed by atoms with E-state index in [1.165, 1.54) is 14.0 Å². The zero-order valence-corrected chi connectivity index (χ0v) is 10.4. The van der Waals surface area contributed by atoms with Gasteiger partial charge in [0.05, 0.1) is 7.11 Å². The molecule has 0 saturated heterocycles. The van der Waals surface area contributed by atoms with Crippen LogP contribution >= 0.6 is 0 Å². The molecule has 1 rings (SSSR count). The van der Waals surface area contributed by atoms with Crippen molar-refractivity contribution < 1.29 is 20.1 Å². The minimum absolute atomic E-state index is 0.141. The first kappa shape index (κ1) is 14.4. The largest absolute Gasteiger partial charge is 0.504 e. The van der Waals surface area contributed by atoms with E-state index in [0.29, 0.717) is 0 Å². The molecule has 0 aliphatic carbocycles. The molecule has 0 aliphatic heterocycles. The van der Waals surface area contributed by atoms with E-state index in [9.17, 15) is 5.11 Å². The lowest BCUT2D eigenvalue weighted by Gasteiger charge is -2.08. The first-order valence-electron chi connectivity index (χ1n) is 5.09. The second-order valence-electron chi connectivity index (χ2n) is 4.15. The number of ether oxygens (including phenoxy) is 1. The number of phenolic OH excluding ortho intramolecular Hbond substituents is 3. The highest BCUT2D eigenvalue weighted by atomic mass is 16.5. The van der Waals surface area contributed by atoms with Gasteiger partial charge in [0.15, 0.2) is 23.0 Å². The first-order valence-corrected chi connectivity index (χ1v) is 5.09. The minimum Gasteiger partial charge on any atom is -0.504 e. The molecule has 4 heteroatoms. The van der Waals surface area contributed by atoms with Gasteiger partial charge in [-0.05, 0) is 12.8 Å². The van der Waals surface area contributed by atoms with Crippen LogP contribution in [-0.2, 0) is 0 Å². The highest BCUT2D eigenvalue weighted by Gasteiger charge is 2.13. The predicted molar refractivity (Wildman–Crippen MR) is 63.2 cm³/mol. The molecule has 0 bridgehead atoms. The van der Waals surface area contributed by atoms with Crippen LogP contribution in [0.2, 0.25) is 0 Å². The van der Waals surface area contributed by atoms with Gasteiger partial charge in [0.25, 0.3) is 0 Å². The van der Waals surface area contributed by atoms with Gasteiger partial charge >= 0.3 is 0 Å². The van der Waals surface area contributed by atoms with Gasteiger partial charge in [0.2, 0.25) is 0 Å². The first-order chi connectivity index (χ1) is 7.31. The van der Waals surface area contributed by atoms with Gasteiger partial charge in [-0.15, -0.1) is 0 Å². The molecule has 1 aromatic carbocycles. The van der Waals surface area contributed by atoms with E-state index < -0.39 is 0 Å². The number of rotatable bonds is 1. The molecule has 16 heavy (non-hydrogen) atoms. The normalized spacial score (nSPS) is 9.62. The third kappa shape index (κ3) is 3.88. The molecule has 0 unspecified atom stereocenters. The third-order valence-electron chi connectivity index (χ3n) is 1.67. The summed E-state index contributed by atoms with van der Waals surface area (Å²) in [6.45, 7) is 7.98. The van der Waals surface area contributed by atoms with Gasteiger partial charge in [-0.1, -0.05) is 20.8 Å². The zero-order chi connectivity index (χ0) is 12.9. The Morgan fingerprint density at radius 2 is 1.50 bits per heavy atom. The fraction of sp³-hybridized carbons (Fsp3) is 0.500. The summed E-state index contributed by atoms with van der Waals surface area (Å²) in [4.78, 5) is 0. The van der Waals surface area contributed by atoms with E-state index >= 15 is 0 Å². The summed E-state index contributed by atoms with van der Waals surface area (Å²) < 4.78 is 4.74.